The van der Waals surface area contributed by atoms with E-state index in [-0.39, 0.29) is 0 Å². The van der Waals surface area contributed by atoms with E-state index in [2.05, 4.69) is 46.7 Å². The van der Waals surface area contributed by atoms with Crippen LogP contribution in [0.5, 0.6) is 0 Å². The number of hydrogen-bond donors (Lipinski definition) is 0. The van der Waals surface area contributed by atoms with E-state index in [1.165, 1.54) is 0 Å². The predicted molar refractivity (Wildman–Crippen MR) is 66.4 cm³/mol. The predicted octanol–water partition coefficient (Wildman–Crippen LogP) is 1.90. The summed E-state index contributed by atoms with van der Waals surface area (Å²) in [7, 11) is 1.95. The van der Waals surface area contributed by atoms with Crippen LogP contribution in [0.15, 0.2) is 12.4 Å². The summed E-state index contributed by atoms with van der Waals surface area (Å²) in [5.41, 5.74) is 2.11. The van der Waals surface area contributed by atoms with Crippen molar-refractivity contribution in [2.45, 2.75) is 33.7 Å². The minimum atomic E-state index is 0.573. The van der Waals surface area contributed by atoms with E-state index < -0.39 is 0 Å². The van der Waals surface area contributed by atoms with Crippen LogP contribution in [0.4, 0.5) is 0 Å². The molecule has 0 aliphatic rings. The van der Waals surface area contributed by atoms with Gasteiger partial charge in [0.1, 0.15) is 12.0 Å². The van der Waals surface area contributed by atoms with Gasteiger partial charge in [-0.15, -0.1) is 10.2 Å². The first-order chi connectivity index (χ1) is 8.11. The Labute approximate surface area is 101 Å². The van der Waals surface area contributed by atoms with Crippen LogP contribution in [0, 0.1) is 5.92 Å². The molecular formula is C12H19N5. The summed E-state index contributed by atoms with van der Waals surface area (Å²) in [5.74, 6) is 1.47. The highest BCUT2D eigenvalue weighted by molar-refractivity contribution is 5.50. The fourth-order valence-corrected chi connectivity index (χ4v) is 1.89. The molecule has 0 unspecified atom stereocenters. The van der Waals surface area contributed by atoms with E-state index in [4.69, 9.17) is 0 Å². The van der Waals surface area contributed by atoms with Gasteiger partial charge in [-0.2, -0.15) is 5.10 Å². The summed E-state index contributed by atoms with van der Waals surface area (Å²) in [5, 5.41) is 12.6. The van der Waals surface area contributed by atoms with Gasteiger partial charge >= 0.3 is 0 Å². The maximum Gasteiger partial charge on any atom is 0.182 e. The molecule has 0 saturated heterocycles. The Morgan fingerprint density at radius 1 is 1.35 bits per heavy atom. The second-order valence-electron chi connectivity index (χ2n) is 4.70. The molecule has 0 atom stereocenters. The van der Waals surface area contributed by atoms with Crippen molar-refractivity contribution < 1.29 is 0 Å². The molecule has 17 heavy (non-hydrogen) atoms. The van der Waals surface area contributed by atoms with Gasteiger partial charge in [0.25, 0.3) is 0 Å². The summed E-state index contributed by atoms with van der Waals surface area (Å²) in [6.45, 7) is 7.40. The van der Waals surface area contributed by atoms with Crippen LogP contribution in [0.25, 0.3) is 11.5 Å². The molecule has 2 aromatic heterocycles. The lowest BCUT2D eigenvalue weighted by Crippen LogP contribution is -2.07. The summed E-state index contributed by atoms with van der Waals surface area (Å²) >= 11 is 0. The Bertz CT molecular complexity index is 495. The number of hydrogen-bond acceptors (Lipinski definition) is 3. The molecule has 0 aromatic carbocycles. The fraction of sp³-hybridized carbons (Fsp3) is 0.583. The van der Waals surface area contributed by atoms with Gasteiger partial charge in [0.2, 0.25) is 0 Å². The second-order valence-corrected chi connectivity index (χ2v) is 4.70. The molecule has 5 nitrogen and oxygen atoms in total. The van der Waals surface area contributed by atoms with E-state index in [0.29, 0.717) is 5.92 Å². The molecule has 0 bridgehead atoms. The van der Waals surface area contributed by atoms with E-state index in [9.17, 15) is 0 Å². The van der Waals surface area contributed by atoms with Crippen molar-refractivity contribution in [3.8, 4) is 11.5 Å². The van der Waals surface area contributed by atoms with Crippen molar-refractivity contribution >= 4 is 0 Å². The van der Waals surface area contributed by atoms with Gasteiger partial charge in [-0.3, -0.25) is 4.68 Å². The monoisotopic (exact) mass is 233 g/mol. The van der Waals surface area contributed by atoms with Crippen molar-refractivity contribution in [2.75, 3.05) is 0 Å². The molecule has 5 heteroatoms. The van der Waals surface area contributed by atoms with E-state index in [1.807, 2.05) is 11.7 Å². The molecule has 0 aliphatic heterocycles. The number of rotatable bonds is 4. The van der Waals surface area contributed by atoms with Crippen LogP contribution < -0.4 is 0 Å². The third-order valence-electron chi connectivity index (χ3n) is 2.70. The number of nitrogens with zero attached hydrogens (tertiary/aromatic N) is 5. The minimum Gasteiger partial charge on any atom is -0.312 e. The molecular weight excluding hydrogens is 214 g/mol. The van der Waals surface area contributed by atoms with Gasteiger partial charge < -0.3 is 4.57 Å². The van der Waals surface area contributed by atoms with Crippen LogP contribution in [0.1, 0.15) is 26.5 Å². The van der Waals surface area contributed by atoms with Crippen molar-refractivity contribution in [3.63, 3.8) is 0 Å². The van der Waals surface area contributed by atoms with Crippen LogP contribution in [-0.4, -0.2) is 24.5 Å². The molecule has 0 aliphatic carbocycles. The highest BCUT2D eigenvalue weighted by Crippen LogP contribution is 2.18. The normalized spacial score (nSPS) is 11.4. The Hall–Kier alpha value is -1.65. The molecule has 2 heterocycles. The van der Waals surface area contributed by atoms with Gasteiger partial charge in [-0.05, 0) is 18.4 Å². The third-order valence-corrected chi connectivity index (χ3v) is 2.70. The van der Waals surface area contributed by atoms with Gasteiger partial charge in [-0.25, -0.2) is 0 Å². The first-order valence-corrected chi connectivity index (χ1v) is 6.03. The van der Waals surface area contributed by atoms with Crippen molar-refractivity contribution in [1.29, 1.82) is 0 Å². The van der Waals surface area contributed by atoms with Crippen LogP contribution in [0.3, 0.4) is 0 Å². The Kier molecular flexibility index (Phi) is 3.26. The van der Waals surface area contributed by atoms with Gasteiger partial charge in [0.05, 0.1) is 5.69 Å². The molecule has 0 amide bonds. The van der Waals surface area contributed by atoms with Crippen molar-refractivity contribution in [3.05, 3.63) is 18.1 Å². The van der Waals surface area contributed by atoms with E-state index in [0.717, 1.165) is 30.2 Å². The SMILES string of the molecule is CCc1cc(-c2nncn2CC(C)C)n(C)n1. The number of aromatic nitrogens is 5. The quantitative estimate of drug-likeness (QED) is 0.810. The highest BCUT2D eigenvalue weighted by Gasteiger charge is 2.13. The van der Waals surface area contributed by atoms with Crippen LogP contribution in [0.2, 0.25) is 0 Å². The molecule has 0 spiro atoms. The summed E-state index contributed by atoms with van der Waals surface area (Å²) in [4.78, 5) is 0. The summed E-state index contributed by atoms with van der Waals surface area (Å²) < 4.78 is 3.96. The molecule has 2 rings (SSSR count). The number of aryl methyl sites for hydroxylation is 2. The van der Waals surface area contributed by atoms with E-state index >= 15 is 0 Å². The zero-order chi connectivity index (χ0) is 12.4. The topological polar surface area (TPSA) is 48.5 Å². The Balaban J connectivity index is 2.38. The second kappa shape index (κ2) is 4.69. The van der Waals surface area contributed by atoms with Gasteiger partial charge in [-0.1, -0.05) is 20.8 Å². The summed E-state index contributed by atoms with van der Waals surface area (Å²) in [6.07, 6.45) is 2.72. The van der Waals surface area contributed by atoms with Gasteiger partial charge in [0.15, 0.2) is 5.82 Å². The molecule has 0 fully saturated rings. The van der Waals surface area contributed by atoms with Gasteiger partial charge in [0, 0.05) is 13.6 Å². The van der Waals surface area contributed by atoms with Crippen LogP contribution >= 0.6 is 0 Å². The van der Waals surface area contributed by atoms with E-state index in [1.54, 1.807) is 6.33 Å². The molecule has 0 radical (unpaired) electrons. The van der Waals surface area contributed by atoms with Crippen LogP contribution in [-0.2, 0) is 20.0 Å². The molecule has 92 valence electrons. The largest absolute Gasteiger partial charge is 0.312 e. The minimum absolute atomic E-state index is 0.573. The summed E-state index contributed by atoms with van der Waals surface area (Å²) in [6, 6.07) is 2.08. The lowest BCUT2D eigenvalue weighted by molar-refractivity contribution is 0.523. The Morgan fingerprint density at radius 3 is 2.71 bits per heavy atom. The zero-order valence-electron chi connectivity index (χ0n) is 10.9. The maximum absolute atomic E-state index is 4.44. The first-order valence-electron chi connectivity index (χ1n) is 6.03. The first kappa shape index (κ1) is 11.8. The fourth-order valence-electron chi connectivity index (χ4n) is 1.89. The lowest BCUT2D eigenvalue weighted by Gasteiger charge is -2.08. The van der Waals surface area contributed by atoms with Crippen molar-refractivity contribution in [2.24, 2.45) is 13.0 Å². The zero-order valence-corrected chi connectivity index (χ0v) is 10.9. The third kappa shape index (κ3) is 2.38. The average molecular weight is 233 g/mol. The highest BCUT2D eigenvalue weighted by atomic mass is 15.3. The maximum atomic E-state index is 4.44. The molecule has 0 saturated carbocycles. The smallest absolute Gasteiger partial charge is 0.182 e. The Morgan fingerprint density at radius 2 is 2.12 bits per heavy atom. The molecule has 2 aromatic rings. The molecule has 0 N–H and O–H groups in total. The average Bonchev–Trinajstić information content (AvgIpc) is 2.83. The van der Waals surface area contributed by atoms with Crippen molar-refractivity contribution in [1.82, 2.24) is 24.5 Å². The standard InChI is InChI=1S/C12H19N5/c1-5-10-6-11(16(4)15-10)12-14-13-8-17(12)7-9(2)3/h6,8-9H,5,7H2,1-4H3. The lowest BCUT2D eigenvalue weighted by atomic mass is 10.2.